The third kappa shape index (κ3) is 26.7. The second-order valence-corrected chi connectivity index (χ2v) is 9.61. The van der Waals surface area contributed by atoms with Crippen LogP contribution in [-0.4, -0.2) is 78.9 Å². The molecule has 0 bridgehead atoms. The first-order chi connectivity index (χ1) is 18.7. The molecule has 6 N–H and O–H groups in total. The summed E-state index contributed by atoms with van der Waals surface area (Å²) < 4.78 is 10.5. The second kappa shape index (κ2) is 25.5. The zero-order valence-corrected chi connectivity index (χ0v) is 23.3. The third-order valence-corrected chi connectivity index (χ3v) is 6.03. The quantitative estimate of drug-likeness (QED) is 0.0895. The molecule has 0 fully saturated rings. The van der Waals surface area contributed by atoms with E-state index >= 15 is 0 Å². The predicted octanol–water partition coefficient (Wildman–Crippen LogP) is 2.52. The molecule has 0 radical (unpaired) electrons. The SMILES string of the molecule is NC(=O)CC[C@H](NC(=O)COCCOCCNC(=O)CCCCCCCCCCCCCCC(=O)O)C(=O)O. The fourth-order valence-electron chi connectivity index (χ4n) is 3.85. The molecule has 39 heavy (non-hydrogen) atoms. The average Bonchev–Trinajstić information content (AvgIpc) is 2.87. The van der Waals surface area contributed by atoms with E-state index in [2.05, 4.69) is 10.6 Å². The molecule has 0 saturated heterocycles. The van der Waals surface area contributed by atoms with Crippen molar-refractivity contribution < 1.29 is 43.7 Å². The summed E-state index contributed by atoms with van der Waals surface area (Å²) in [5.74, 6) is -3.22. The summed E-state index contributed by atoms with van der Waals surface area (Å²) in [5.41, 5.74) is 4.99. The highest BCUT2D eigenvalue weighted by Crippen LogP contribution is 2.13. The maximum Gasteiger partial charge on any atom is 0.326 e. The van der Waals surface area contributed by atoms with Crippen LogP contribution in [0.25, 0.3) is 0 Å². The van der Waals surface area contributed by atoms with Gasteiger partial charge in [0.1, 0.15) is 12.6 Å². The van der Waals surface area contributed by atoms with Gasteiger partial charge < -0.3 is 36.1 Å². The van der Waals surface area contributed by atoms with E-state index in [1.54, 1.807) is 0 Å². The van der Waals surface area contributed by atoms with Crippen LogP contribution < -0.4 is 16.4 Å². The summed E-state index contributed by atoms with van der Waals surface area (Å²) in [6.07, 6.45) is 13.8. The zero-order chi connectivity index (χ0) is 29.1. The number of unbranched alkanes of at least 4 members (excludes halogenated alkanes) is 11. The number of hydrogen-bond acceptors (Lipinski definition) is 7. The monoisotopic (exact) mass is 559 g/mol. The van der Waals surface area contributed by atoms with Crippen molar-refractivity contribution in [2.45, 2.75) is 109 Å². The topological polar surface area (TPSA) is 194 Å². The van der Waals surface area contributed by atoms with Crippen LogP contribution in [0.2, 0.25) is 0 Å². The van der Waals surface area contributed by atoms with E-state index in [4.69, 9.17) is 25.4 Å². The lowest BCUT2D eigenvalue weighted by atomic mass is 10.0. The molecule has 0 aliphatic heterocycles. The van der Waals surface area contributed by atoms with Gasteiger partial charge in [-0.2, -0.15) is 0 Å². The number of aliphatic carboxylic acids is 2. The van der Waals surface area contributed by atoms with Crippen molar-refractivity contribution in [2.75, 3.05) is 33.0 Å². The summed E-state index contributed by atoms with van der Waals surface area (Å²) in [6.45, 7) is 0.726. The number of amides is 3. The third-order valence-electron chi connectivity index (χ3n) is 6.03. The van der Waals surface area contributed by atoms with Crippen LogP contribution >= 0.6 is 0 Å². The Kier molecular flexibility index (Phi) is 23.8. The first kappa shape index (κ1) is 36.3. The van der Waals surface area contributed by atoms with Crippen molar-refractivity contribution in [3.05, 3.63) is 0 Å². The van der Waals surface area contributed by atoms with Gasteiger partial charge in [-0.3, -0.25) is 19.2 Å². The number of nitrogens with one attached hydrogen (secondary N) is 2. The Balaban J connectivity index is 3.45. The van der Waals surface area contributed by atoms with Gasteiger partial charge in [0.15, 0.2) is 0 Å². The normalized spacial score (nSPS) is 11.6. The molecule has 0 unspecified atom stereocenters. The fourth-order valence-corrected chi connectivity index (χ4v) is 3.85. The van der Waals surface area contributed by atoms with Gasteiger partial charge in [-0.05, 0) is 19.3 Å². The van der Waals surface area contributed by atoms with Crippen LogP contribution in [0.5, 0.6) is 0 Å². The number of carboxylic acids is 2. The Morgan fingerprint density at radius 3 is 1.67 bits per heavy atom. The van der Waals surface area contributed by atoms with Crippen molar-refractivity contribution in [1.29, 1.82) is 0 Å². The summed E-state index contributed by atoms with van der Waals surface area (Å²) >= 11 is 0. The van der Waals surface area contributed by atoms with Crippen molar-refractivity contribution in [1.82, 2.24) is 10.6 Å². The number of primary amides is 1. The molecule has 12 nitrogen and oxygen atoms in total. The number of carbonyl (C=O) groups is 5. The molecule has 0 aromatic carbocycles. The molecule has 226 valence electrons. The largest absolute Gasteiger partial charge is 0.481 e. The van der Waals surface area contributed by atoms with Crippen molar-refractivity contribution in [3.8, 4) is 0 Å². The molecule has 1 atom stereocenters. The number of carbonyl (C=O) groups excluding carboxylic acids is 3. The maximum absolute atomic E-state index is 11.9. The molecule has 0 heterocycles. The van der Waals surface area contributed by atoms with Crippen molar-refractivity contribution >= 4 is 29.7 Å². The Morgan fingerprint density at radius 2 is 1.15 bits per heavy atom. The molecule has 3 amide bonds. The molecule has 0 aliphatic rings. The highest BCUT2D eigenvalue weighted by atomic mass is 16.5. The van der Waals surface area contributed by atoms with Gasteiger partial charge in [0.05, 0.1) is 19.8 Å². The highest BCUT2D eigenvalue weighted by Gasteiger charge is 2.20. The number of carboxylic acid groups (broad SMARTS) is 2. The standard InChI is InChI=1S/C27H49N3O9/c28-23(31)16-15-22(27(36)37)30-25(33)21-39-20-19-38-18-17-29-24(32)13-11-9-7-5-3-1-2-4-6-8-10-12-14-26(34)35/h22H,1-21H2,(H2,28,31)(H,29,32)(H,30,33)(H,34,35)(H,36,37)/t22-/m0/s1. The maximum atomic E-state index is 11.9. The Bertz CT molecular complexity index is 704. The van der Waals surface area contributed by atoms with Crippen LogP contribution in [0.1, 0.15) is 103 Å². The minimum atomic E-state index is -1.25. The second-order valence-electron chi connectivity index (χ2n) is 9.61. The van der Waals surface area contributed by atoms with E-state index in [1.807, 2.05) is 0 Å². The molecular weight excluding hydrogens is 510 g/mol. The Labute approximate surface area is 231 Å². The van der Waals surface area contributed by atoms with Crippen molar-refractivity contribution in [3.63, 3.8) is 0 Å². The van der Waals surface area contributed by atoms with E-state index in [0.29, 0.717) is 19.6 Å². The minimum Gasteiger partial charge on any atom is -0.481 e. The Morgan fingerprint density at radius 1 is 0.641 bits per heavy atom. The summed E-state index contributed by atoms with van der Waals surface area (Å²) in [6, 6.07) is -1.20. The van der Waals surface area contributed by atoms with Crippen molar-refractivity contribution in [2.24, 2.45) is 5.73 Å². The minimum absolute atomic E-state index is 0.000744. The fraction of sp³-hybridized carbons (Fsp3) is 0.815. The average molecular weight is 560 g/mol. The molecule has 0 spiro atoms. The van der Waals surface area contributed by atoms with Crippen LogP contribution in [0.4, 0.5) is 0 Å². The number of rotatable bonds is 28. The summed E-state index contributed by atoms with van der Waals surface area (Å²) in [7, 11) is 0. The highest BCUT2D eigenvalue weighted by molar-refractivity contribution is 5.84. The lowest BCUT2D eigenvalue weighted by Gasteiger charge is -2.13. The van der Waals surface area contributed by atoms with E-state index in [-0.39, 0.29) is 45.0 Å². The predicted molar refractivity (Wildman–Crippen MR) is 145 cm³/mol. The van der Waals surface area contributed by atoms with Gasteiger partial charge in [0.25, 0.3) is 0 Å². The molecule has 0 aliphatic carbocycles. The molecule has 0 aromatic rings. The van der Waals surface area contributed by atoms with Crippen LogP contribution in [0, 0.1) is 0 Å². The molecule has 0 aromatic heterocycles. The number of hydrogen-bond donors (Lipinski definition) is 5. The van der Waals surface area contributed by atoms with Gasteiger partial charge in [-0.25, -0.2) is 4.79 Å². The first-order valence-corrected chi connectivity index (χ1v) is 14.2. The van der Waals surface area contributed by atoms with Gasteiger partial charge in [-0.15, -0.1) is 0 Å². The lowest BCUT2D eigenvalue weighted by Crippen LogP contribution is -2.43. The van der Waals surface area contributed by atoms with Gasteiger partial charge in [0, 0.05) is 25.8 Å². The number of nitrogens with two attached hydrogens (primary N) is 1. The number of ether oxygens (including phenoxy) is 2. The smallest absolute Gasteiger partial charge is 0.326 e. The first-order valence-electron chi connectivity index (χ1n) is 14.2. The zero-order valence-electron chi connectivity index (χ0n) is 23.3. The van der Waals surface area contributed by atoms with Gasteiger partial charge >= 0.3 is 11.9 Å². The van der Waals surface area contributed by atoms with E-state index < -0.39 is 29.8 Å². The molecule has 0 saturated carbocycles. The molecule has 12 heteroatoms. The lowest BCUT2D eigenvalue weighted by molar-refractivity contribution is -0.143. The molecular formula is C27H49N3O9. The van der Waals surface area contributed by atoms with E-state index in [1.165, 1.54) is 38.5 Å². The van der Waals surface area contributed by atoms with Gasteiger partial charge in [0.2, 0.25) is 17.7 Å². The summed E-state index contributed by atoms with van der Waals surface area (Å²) in [5, 5.41) is 22.7. The van der Waals surface area contributed by atoms with Gasteiger partial charge in [-0.1, -0.05) is 64.2 Å². The van der Waals surface area contributed by atoms with Crippen LogP contribution in [0.15, 0.2) is 0 Å². The Hall–Kier alpha value is -2.73. The van der Waals surface area contributed by atoms with Crippen LogP contribution in [0.3, 0.4) is 0 Å². The van der Waals surface area contributed by atoms with Crippen LogP contribution in [-0.2, 0) is 33.4 Å². The van der Waals surface area contributed by atoms with E-state index in [9.17, 15) is 24.0 Å². The summed E-state index contributed by atoms with van der Waals surface area (Å²) in [4.78, 5) is 55.9. The van der Waals surface area contributed by atoms with E-state index in [0.717, 1.165) is 38.5 Å². The molecule has 0 rings (SSSR count).